The molecule has 1 fully saturated rings. The number of esters is 1. The van der Waals surface area contributed by atoms with Crippen molar-refractivity contribution in [1.82, 2.24) is 4.98 Å². The van der Waals surface area contributed by atoms with E-state index in [2.05, 4.69) is 4.98 Å². The van der Waals surface area contributed by atoms with Crippen LogP contribution in [-0.2, 0) is 16.1 Å². The van der Waals surface area contributed by atoms with Gasteiger partial charge in [-0.25, -0.2) is 0 Å². The van der Waals surface area contributed by atoms with Gasteiger partial charge < -0.3 is 4.74 Å². The molecule has 0 radical (unpaired) electrons. The van der Waals surface area contributed by atoms with Gasteiger partial charge in [-0.05, 0) is 23.5 Å². The van der Waals surface area contributed by atoms with Crippen molar-refractivity contribution in [3.8, 4) is 0 Å². The first kappa shape index (κ1) is 14.4. The summed E-state index contributed by atoms with van der Waals surface area (Å²) in [6.45, 7) is 4.24. The Balaban J connectivity index is 1.93. The maximum absolute atomic E-state index is 12.0. The molecule has 102 valence electrons. The summed E-state index contributed by atoms with van der Waals surface area (Å²) >= 11 is 11.3. The zero-order valence-electron chi connectivity index (χ0n) is 10.8. The normalized spacial score (nSPS) is 23.6. The Hall–Kier alpha value is -1.06. The Morgan fingerprint density at radius 1 is 1.53 bits per heavy atom. The number of pyridine rings is 1. The van der Waals surface area contributed by atoms with Crippen LogP contribution in [0.15, 0.2) is 35.1 Å². The Morgan fingerprint density at radius 2 is 2.26 bits per heavy atom. The van der Waals surface area contributed by atoms with Crippen LogP contribution in [0.25, 0.3) is 0 Å². The van der Waals surface area contributed by atoms with Gasteiger partial charge in [-0.2, -0.15) is 0 Å². The predicted molar refractivity (Wildman–Crippen MR) is 74.6 cm³/mol. The monoisotopic (exact) mass is 299 g/mol. The van der Waals surface area contributed by atoms with Crippen molar-refractivity contribution in [2.45, 2.75) is 20.5 Å². The number of nitrogens with zero attached hydrogens (tertiary/aromatic N) is 1. The highest BCUT2D eigenvalue weighted by Gasteiger charge is 2.61. The van der Waals surface area contributed by atoms with Crippen molar-refractivity contribution in [2.75, 3.05) is 0 Å². The zero-order valence-corrected chi connectivity index (χ0v) is 12.3. The van der Waals surface area contributed by atoms with Crippen LogP contribution in [0, 0.1) is 17.3 Å². The van der Waals surface area contributed by atoms with Gasteiger partial charge in [-0.3, -0.25) is 9.78 Å². The smallest absolute Gasteiger partial charge is 0.310 e. The highest BCUT2D eigenvalue weighted by molar-refractivity contribution is 6.55. The van der Waals surface area contributed by atoms with Crippen molar-refractivity contribution in [3.05, 3.63) is 40.7 Å². The fraction of sp³-hybridized carbons (Fsp3) is 0.429. The van der Waals surface area contributed by atoms with Gasteiger partial charge in [0.05, 0.1) is 5.92 Å². The highest BCUT2D eigenvalue weighted by Crippen LogP contribution is 2.60. The lowest BCUT2D eigenvalue weighted by Crippen LogP contribution is -2.10. The Morgan fingerprint density at radius 3 is 2.84 bits per heavy atom. The summed E-state index contributed by atoms with van der Waals surface area (Å²) in [6, 6.07) is 3.67. The van der Waals surface area contributed by atoms with Crippen LogP contribution < -0.4 is 0 Å². The highest BCUT2D eigenvalue weighted by atomic mass is 35.5. The van der Waals surface area contributed by atoms with Crippen LogP contribution in [0.1, 0.15) is 19.4 Å². The summed E-state index contributed by atoms with van der Waals surface area (Å²) in [5.41, 5.74) is 0.720. The minimum absolute atomic E-state index is 0.0406. The molecule has 1 aromatic heterocycles. The third-order valence-electron chi connectivity index (χ3n) is 3.57. The molecule has 2 unspecified atom stereocenters. The van der Waals surface area contributed by atoms with E-state index in [4.69, 9.17) is 27.9 Å². The second kappa shape index (κ2) is 5.51. The first-order valence-electron chi connectivity index (χ1n) is 6.01. The molecule has 1 aliphatic carbocycles. The molecule has 0 aromatic carbocycles. The van der Waals surface area contributed by atoms with Gasteiger partial charge in [-0.1, -0.05) is 43.1 Å². The number of carbonyl (C=O) groups excluding carboxylic acids is 1. The molecule has 2 atom stereocenters. The van der Waals surface area contributed by atoms with Gasteiger partial charge in [0.1, 0.15) is 11.1 Å². The number of rotatable bonds is 4. The summed E-state index contributed by atoms with van der Waals surface area (Å²) in [7, 11) is 0. The van der Waals surface area contributed by atoms with Crippen LogP contribution in [0.3, 0.4) is 0 Å². The zero-order chi connectivity index (χ0) is 14.0. The number of halogens is 2. The van der Waals surface area contributed by atoms with Gasteiger partial charge in [-0.15, -0.1) is 0 Å². The first-order valence-corrected chi connectivity index (χ1v) is 6.77. The Kier molecular flexibility index (Phi) is 4.16. The third kappa shape index (κ3) is 3.28. The van der Waals surface area contributed by atoms with E-state index in [9.17, 15) is 4.79 Å². The van der Waals surface area contributed by atoms with E-state index in [0.717, 1.165) is 5.56 Å². The van der Waals surface area contributed by atoms with Crippen LogP contribution in [0.4, 0.5) is 0 Å². The Bertz CT molecular complexity index is 495. The quantitative estimate of drug-likeness (QED) is 0.796. The predicted octanol–water partition coefficient (Wildman–Crippen LogP) is 3.72. The van der Waals surface area contributed by atoms with Gasteiger partial charge >= 0.3 is 5.97 Å². The van der Waals surface area contributed by atoms with E-state index >= 15 is 0 Å². The molecule has 5 heteroatoms. The van der Waals surface area contributed by atoms with E-state index in [1.165, 1.54) is 0 Å². The molecule has 1 aromatic rings. The Labute approximate surface area is 122 Å². The molecular formula is C14H15Cl2NO2. The minimum Gasteiger partial charge on any atom is -0.461 e. The topological polar surface area (TPSA) is 39.2 Å². The molecule has 3 nitrogen and oxygen atoms in total. The van der Waals surface area contributed by atoms with E-state index in [1.807, 2.05) is 26.0 Å². The number of hydrogen-bond donors (Lipinski definition) is 0. The summed E-state index contributed by atoms with van der Waals surface area (Å²) in [6.07, 6.45) is 5.07. The standard InChI is InChI=1S/C14H15Cl2NO2/c1-14(2)10(6-11(15)16)12(14)13(18)19-8-9-4-3-5-17-7-9/h3-7,10,12H,8H2,1-2H3. The summed E-state index contributed by atoms with van der Waals surface area (Å²) in [5.74, 6) is -0.361. The van der Waals surface area contributed by atoms with E-state index in [0.29, 0.717) is 0 Å². The molecule has 1 aliphatic rings. The van der Waals surface area contributed by atoms with Crippen molar-refractivity contribution >= 4 is 29.2 Å². The molecule has 1 heterocycles. The van der Waals surface area contributed by atoms with E-state index < -0.39 is 0 Å². The average Bonchev–Trinajstić information content (AvgIpc) is 2.88. The van der Waals surface area contributed by atoms with Gasteiger partial charge in [0.2, 0.25) is 0 Å². The van der Waals surface area contributed by atoms with Crippen LogP contribution >= 0.6 is 23.2 Å². The van der Waals surface area contributed by atoms with Gasteiger partial charge in [0.15, 0.2) is 0 Å². The molecule has 0 aliphatic heterocycles. The molecule has 19 heavy (non-hydrogen) atoms. The van der Waals surface area contributed by atoms with Crippen molar-refractivity contribution in [3.63, 3.8) is 0 Å². The van der Waals surface area contributed by atoms with Crippen molar-refractivity contribution in [1.29, 1.82) is 0 Å². The minimum atomic E-state index is -0.218. The molecule has 0 spiro atoms. The van der Waals surface area contributed by atoms with Gasteiger partial charge in [0.25, 0.3) is 0 Å². The summed E-state index contributed by atoms with van der Waals surface area (Å²) in [4.78, 5) is 16.0. The second-order valence-corrected chi connectivity index (χ2v) is 6.26. The van der Waals surface area contributed by atoms with Crippen LogP contribution in [0.5, 0.6) is 0 Å². The lowest BCUT2D eigenvalue weighted by molar-refractivity contribution is -0.147. The largest absolute Gasteiger partial charge is 0.461 e. The van der Waals surface area contributed by atoms with Crippen LogP contribution in [-0.4, -0.2) is 11.0 Å². The lowest BCUT2D eigenvalue weighted by atomic mass is 10.1. The fourth-order valence-corrected chi connectivity index (χ4v) is 2.57. The number of hydrogen-bond acceptors (Lipinski definition) is 3. The molecule has 0 saturated heterocycles. The van der Waals surface area contributed by atoms with Gasteiger partial charge in [0, 0.05) is 18.0 Å². The second-order valence-electron chi connectivity index (χ2n) is 5.25. The molecule has 0 amide bonds. The molecule has 0 bridgehead atoms. The molecule has 1 saturated carbocycles. The maximum Gasteiger partial charge on any atom is 0.310 e. The average molecular weight is 300 g/mol. The summed E-state index contributed by atoms with van der Waals surface area (Å²) in [5, 5.41) is 0. The number of aromatic nitrogens is 1. The number of ether oxygens (including phenoxy) is 1. The van der Waals surface area contributed by atoms with Crippen LogP contribution in [0.2, 0.25) is 0 Å². The molecule has 2 rings (SSSR count). The molecular weight excluding hydrogens is 285 g/mol. The maximum atomic E-state index is 12.0. The van der Waals surface area contributed by atoms with Crippen molar-refractivity contribution in [2.24, 2.45) is 17.3 Å². The number of allylic oxidation sites excluding steroid dienone is 1. The van der Waals surface area contributed by atoms with E-state index in [1.54, 1.807) is 18.5 Å². The SMILES string of the molecule is CC1(C)C(C=C(Cl)Cl)C1C(=O)OCc1cccnc1. The van der Waals surface area contributed by atoms with E-state index in [-0.39, 0.29) is 34.3 Å². The fourth-order valence-electron chi connectivity index (χ4n) is 2.30. The third-order valence-corrected chi connectivity index (χ3v) is 3.83. The first-order chi connectivity index (χ1) is 8.93. The number of carbonyl (C=O) groups is 1. The molecule has 0 N–H and O–H groups in total. The van der Waals surface area contributed by atoms with Crippen molar-refractivity contribution < 1.29 is 9.53 Å². The lowest BCUT2D eigenvalue weighted by Gasteiger charge is -2.05. The summed E-state index contributed by atoms with van der Waals surface area (Å²) < 4.78 is 5.50.